The molecule has 0 fully saturated rings. The van der Waals surface area contributed by atoms with Crippen LogP contribution in [-0.2, 0) is 16.5 Å². The molecule has 0 bridgehead atoms. The monoisotopic (exact) mass is 288 g/mol. The van der Waals surface area contributed by atoms with Crippen LogP contribution in [0.5, 0.6) is 11.5 Å². The lowest BCUT2D eigenvalue weighted by atomic mass is 10.1. The Morgan fingerprint density at radius 1 is 1.11 bits per heavy atom. The van der Waals surface area contributed by atoms with Crippen LogP contribution >= 0.6 is 0 Å². The number of benzene rings is 1. The lowest BCUT2D eigenvalue weighted by molar-refractivity contribution is 0.351. The van der Waals surface area contributed by atoms with Crippen LogP contribution in [0.3, 0.4) is 0 Å². The largest absolute Gasteiger partial charge is 0.493 e. The number of methoxy groups -OCH3 is 2. The molecule has 0 saturated carbocycles. The van der Waals surface area contributed by atoms with Gasteiger partial charge in [-0.2, -0.15) is 8.42 Å². The molecule has 1 rings (SSSR count). The second-order valence-corrected chi connectivity index (χ2v) is 5.82. The van der Waals surface area contributed by atoms with Gasteiger partial charge in [0.2, 0.25) is 0 Å². The maximum Gasteiger partial charge on any atom is 0.264 e. The Balaban J connectivity index is 2.49. The third-order valence-corrected chi connectivity index (χ3v) is 3.64. The fraction of sp³-hybridized carbons (Fsp3) is 0.538. The van der Waals surface area contributed by atoms with Crippen LogP contribution in [0.1, 0.15) is 24.8 Å². The highest BCUT2D eigenvalue weighted by molar-refractivity contribution is 7.85. The van der Waals surface area contributed by atoms with Crippen molar-refractivity contribution in [2.75, 3.05) is 20.0 Å². The smallest absolute Gasteiger partial charge is 0.264 e. The lowest BCUT2D eigenvalue weighted by Gasteiger charge is -2.12. The minimum Gasteiger partial charge on any atom is -0.493 e. The van der Waals surface area contributed by atoms with Crippen molar-refractivity contribution in [1.82, 2.24) is 0 Å². The van der Waals surface area contributed by atoms with Crippen molar-refractivity contribution < 1.29 is 22.4 Å². The zero-order valence-electron chi connectivity index (χ0n) is 11.3. The third kappa shape index (κ3) is 5.48. The first-order chi connectivity index (χ1) is 8.98. The van der Waals surface area contributed by atoms with E-state index in [1.807, 2.05) is 18.2 Å². The number of aryl methyl sites for hydroxylation is 1. The molecule has 0 unspecified atom stereocenters. The molecule has 0 heterocycles. The van der Waals surface area contributed by atoms with Gasteiger partial charge in [0.15, 0.2) is 11.5 Å². The summed E-state index contributed by atoms with van der Waals surface area (Å²) in [5.74, 6) is 1.24. The molecule has 108 valence electrons. The van der Waals surface area contributed by atoms with Crippen molar-refractivity contribution in [3.8, 4) is 11.5 Å². The van der Waals surface area contributed by atoms with Crippen molar-refractivity contribution in [2.24, 2.45) is 0 Å². The standard InChI is InChI=1S/C13H20O5S/c1-17-12-9-6-8-11(13(12)18-2)7-4-3-5-10-19(14,15)16/h6,8-9H,3-5,7,10H2,1-2H3,(H,14,15,16). The Bertz CT molecular complexity index is 496. The van der Waals surface area contributed by atoms with E-state index < -0.39 is 10.1 Å². The van der Waals surface area contributed by atoms with Gasteiger partial charge in [0.1, 0.15) is 0 Å². The van der Waals surface area contributed by atoms with Crippen molar-refractivity contribution in [3.63, 3.8) is 0 Å². The molecule has 0 radical (unpaired) electrons. The summed E-state index contributed by atoms with van der Waals surface area (Å²) in [5, 5.41) is 0. The second kappa shape index (κ2) is 7.35. The Morgan fingerprint density at radius 3 is 2.42 bits per heavy atom. The number of unbranched alkanes of at least 4 members (excludes halogenated alkanes) is 2. The third-order valence-electron chi connectivity index (χ3n) is 2.83. The Kier molecular flexibility index (Phi) is 6.11. The summed E-state index contributed by atoms with van der Waals surface area (Å²) in [4.78, 5) is 0. The van der Waals surface area contributed by atoms with Gasteiger partial charge in [-0.25, -0.2) is 0 Å². The number of hydrogen-bond donors (Lipinski definition) is 1. The predicted molar refractivity (Wildman–Crippen MR) is 73.5 cm³/mol. The van der Waals surface area contributed by atoms with Gasteiger partial charge in [-0.1, -0.05) is 18.6 Å². The summed E-state index contributed by atoms with van der Waals surface area (Å²) in [6.07, 6.45) is 2.82. The van der Waals surface area contributed by atoms with Crippen LogP contribution in [-0.4, -0.2) is 32.9 Å². The number of ether oxygens (including phenoxy) is 2. The highest BCUT2D eigenvalue weighted by Crippen LogP contribution is 2.31. The molecule has 19 heavy (non-hydrogen) atoms. The van der Waals surface area contributed by atoms with E-state index in [-0.39, 0.29) is 5.75 Å². The molecular formula is C13H20O5S. The Hall–Kier alpha value is -1.27. The van der Waals surface area contributed by atoms with Crippen LogP contribution in [0.15, 0.2) is 18.2 Å². The zero-order chi connectivity index (χ0) is 14.3. The quantitative estimate of drug-likeness (QED) is 0.587. The molecule has 1 aromatic rings. The molecule has 1 aromatic carbocycles. The fourth-order valence-electron chi connectivity index (χ4n) is 1.93. The van der Waals surface area contributed by atoms with E-state index in [4.69, 9.17) is 14.0 Å². The van der Waals surface area contributed by atoms with Crippen molar-refractivity contribution in [3.05, 3.63) is 23.8 Å². The molecule has 0 spiro atoms. The Labute approximate surface area is 114 Å². The first-order valence-electron chi connectivity index (χ1n) is 6.13. The molecular weight excluding hydrogens is 268 g/mol. The predicted octanol–water partition coefficient (Wildman–Crippen LogP) is 2.30. The van der Waals surface area contributed by atoms with Gasteiger partial charge in [-0.3, -0.25) is 4.55 Å². The number of rotatable bonds is 8. The first-order valence-corrected chi connectivity index (χ1v) is 7.74. The molecule has 1 N–H and O–H groups in total. The first kappa shape index (κ1) is 15.8. The van der Waals surface area contributed by atoms with Crippen LogP contribution in [0.4, 0.5) is 0 Å². The zero-order valence-corrected chi connectivity index (χ0v) is 12.1. The maximum absolute atomic E-state index is 10.6. The molecule has 0 aliphatic rings. The average Bonchev–Trinajstić information content (AvgIpc) is 2.36. The minimum atomic E-state index is -3.84. The van der Waals surface area contributed by atoms with E-state index in [1.165, 1.54) is 0 Å². The normalized spacial score (nSPS) is 11.3. The van der Waals surface area contributed by atoms with Crippen molar-refractivity contribution in [2.45, 2.75) is 25.7 Å². The summed E-state index contributed by atoms with van der Waals surface area (Å²) in [7, 11) is -0.649. The molecule has 6 heteroatoms. The Morgan fingerprint density at radius 2 is 1.84 bits per heavy atom. The van der Waals surface area contributed by atoms with E-state index in [0.717, 1.165) is 30.6 Å². The van der Waals surface area contributed by atoms with Crippen molar-refractivity contribution in [1.29, 1.82) is 0 Å². The van der Waals surface area contributed by atoms with Crippen LogP contribution in [0.25, 0.3) is 0 Å². The van der Waals surface area contributed by atoms with E-state index in [2.05, 4.69) is 0 Å². The average molecular weight is 288 g/mol. The topological polar surface area (TPSA) is 72.8 Å². The van der Waals surface area contributed by atoms with Gasteiger partial charge in [-0.15, -0.1) is 0 Å². The maximum atomic E-state index is 10.6. The van der Waals surface area contributed by atoms with Gasteiger partial charge in [-0.05, 0) is 30.9 Å². The molecule has 0 amide bonds. The summed E-state index contributed by atoms with van der Waals surface area (Å²) in [5.41, 5.74) is 1.04. The molecule has 0 aromatic heterocycles. The highest BCUT2D eigenvalue weighted by Gasteiger charge is 2.09. The summed E-state index contributed by atoms with van der Waals surface area (Å²) in [6.45, 7) is 0. The second-order valence-electron chi connectivity index (χ2n) is 4.25. The highest BCUT2D eigenvalue weighted by atomic mass is 32.2. The van der Waals surface area contributed by atoms with Crippen LogP contribution in [0, 0.1) is 0 Å². The number of para-hydroxylation sites is 1. The SMILES string of the molecule is COc1cccc(CCCCCS(=O)(=O)O)c1OC. The molecule has 0 atom stereocenters. The summed E-state index contributed by atoms with van der Waals surface area (Å²) in [6, 6.07) is 5.69. The molecule has 0 saturated heterocycles. The van der Waals surface area contributed by atoms with Crippen LogP contribution < -0.4 is 9.47 Å². The van der Waals surface area contributed by atoms with Gasteiger partial charge in [0.25, 0.3) is 10.1 Å². The molecule has 5 nitrogen and oxygen atoms in total. The summed E-state index contributed by atoms with van der Waals surface area (Å²) >= 11 is 0. The lowest BCUT2D eigenvalue weighted by Crippen LogP contribution is -2.03. The van der Waals surface area contributed by atoms with E-state index in [0.29, 0.717) is 12.2 Å². The molecule has 0 aliphatic carbocycles. The fourth-order valence-corrected chi connectivity index (χ4v) is 2.50. The minimum absolute atomic E-state index is 0.178. The van der Waals surface area contributed by atoms with E-state index in [1.54, 1.807) is 14.2 Å². The summed E-state index contributed by atoms with van der Waals surface area (Å²) < 4.78 is 40.3. The van der Waals surface area contributed by atoms with Gasteiger partial charge >= 0.3 is 0 Å². The van der Waals surface area contributed by atoms with Gasteiger partial charge < -0.3 is 9.47 Å². The van der Waals surface area contributed by atoms with Gasteiger partial charge in [0.05, 0.1) is 20.0 Å². The van der Waals surface area contributed by atoms with Gasteiger partial charge in [0, 0.05) is 0 Å². The van der Waals surface area contributed by atoms with E-state index in [9.17, 15) is 8.42 Å². The van der Waals surface area contributed by atoms with E-state index >= 15 is 0 Å². The number of hydrogen-bond acceptors (Lipinski definition) is 4. The molecule has 0 aliphatic heterocycles. The van der Waals surface area contributed by atoms with Crippen molar-refractivity contribution >= 4 is 10.1 Å². The van der Waals surface area contributed by atoms with Crippen LogP contribution in [0.2, 0.25) is 0 Å².